The highest BCUT2D eigenvalue weighted by molar-refractivity contribution is 6.33. The molecule has 0 unspecified atom stereocenters. The number of rotatable bonds is 8. The molecule has 0 amide bonds. The summed E-state index contributed by atoms with van der Waals surface area (Å²) in [6, 6.07) is 3.73. The Balaban J connectivity index is 3.45. The summed E-state index contributed by atoms with van der Waals surface area (Å²) in [4.78, 5) is 0. The molecule has 2 N–H and O–H groups in total. The molecule has 1 rings (SSSR count). The maximum absolute atomic E-state index is 9.13. The Morgan fingerprint density at radius 3 is 1.86 bits per heavy atom. The van der Waals surface area contributed by atoms with Gasteiger partial charge in [-0.2, -0.15) is 0 Å². The lowest BCUT2D eigenvalue weighted by atomic mass is 9.89. The molecule has 0 heterocycles. The third-order valence-corrected chi connectivity index (χ3v) is 3.17. The zero-order valence-corrected chi connectivity index (χ0v) is 13.8. The third kappa shape index (κ3) is 5.55. The van der Waals surface area contributed by atoms with Gasteiger partial charge in [0.1, 0.15) is 5.75 Å². The molecular formula is C18H25BO3. The van der Waals surface area contributed by atoms with E-state index in [0.717, 1.165) is 39.8 Å². The molecular weight excluding hydrogens is 275 g/mol. The molecule has 1 aromatic rings. The van der Waals surface area contributed by atoms with Gasteiger partial charge in [0.15, 0.2) is 0 Å². The standard InChI is InChI=1S/C18H25BO3/c1-12(2)9-15-7-8-18(22-19(20)21)17(11-14(5)6)16(15)10-13(3)4/h7-8,20-21H,1,3,5,9-11H2,2,4,6H3. The van der Waals surface area contributed by atoms with Gasteiger partial charge in [-0.1, -0.05) is 42.5 Å². The molecule has 0 bridgehead atoms. The lowest BCUT2D eigenvalue weighted by Gasteiger charge is -2.20. The Hall–Kier alpha value is -1.78. The summed E-state index contributed by atoms with van der Waals surface area (Å²) in [6.45, 7) is 17.8. The highest BCUT2D eigenvalue weighted by Gasteiger charge is 2.19. The molecule has 22 heavy (non-hydrogen) atoms. The lowest BCUT2D eigenvalue weighted by molar-refractivity contribution is 0.287. The Kier molecular flexibility index (Phi) is 6.66. The summed E-state index contributed by atoms with van der Waals surface area (Å²) in [5, 5.41) is 18.3. The van der Waals surface area contributed by atoms with Crippen molar-refractivity contribution < 1.29 is 14.7 Å². The van der Waals surface area contributed by atoms with Gasteiger partial charge in [0.25, 0.3) is 0 Å². The van der Waals surface area contributed by atoms with E-state index >= 15 is 0 Å². The van der Waals surface area contributed by atoms with E-state index in [1.165, 1.54) is 0 Å². The monoisotopic (exact) mass is 300 g/mol. The van der Waals surface area contributed by atoms with Crippen LogP contribution < -0.4 is 4.65 Å². The van der Waals surface area contributed by atoms with E-state index in [1.807, 2.05) is 26.8 Å². The summed E-state index contributed by atoms with van der Waals surface area (Å²) < 4.78 is 5.15. The summed E-state index contributed by atoms with van der Waals surface area (Å²) >= 11 is 0. The van der Waals surface area contributed by atoms with E-state index in [0.29, 0.717) is 18.6 Å². The quantitative estimate of drug-likeness (QED) is 0.571. The molecule has 1 aromatic carbocycles. The van der Waals surface area contributed by atoms with Gasteiger partial charge in [0, 0.05) is 5.56 Å². The highest BCUT2D eigenvalue weighted by Crippen LogP contribution is 2.31. The zero-order chi connectivity index (χ0) is 16.9. The minimum Gasteiger partial charge on any atom is -0.512 e. The minimum atomic E-state index is -1.84. The summed E-state index contributed by atoms with van der Waals surface area (Å²) in [5.74, 6) is 0.472. The van der Waals surface area contributed by atoms with Gasteiger partial charge in [-0.3, -0.25) is 0 Å². The maximum Gasteiger partial charge on any atom is 0.707 e. The first-order valence-corrected chi connectivity index (χ1v) is 7.30. The second kappa shape index (κ2) is 8.02. The Labute approximate surface area is 133 Å². The second-order valence-corrected chi connectivity index (χ2v) is 6.03. The van der Waals surface area contributed by atoms with Crippen LogP contribution in [-0.4, -0.2) is 17.4 Å². The first kappa shape index (κ1) is 18.3. The predicted octanol–water partition coefficient (Wildman–Crippen LogP) is 3.39. The fraction of sp³-hybridized carbons (Fsp3) is 0.333. The summed E-state index contributed by atoms with van der Waals surface area (Å²) in [6.07, 6.45) is 2.10. The molecule has 118 valence electrons. The molecule has 0 aliphatic rings. The molecule has 0 aromatic heterocycles. The molecule has 0 aliphatic heterocycles. The predicted molar refractivity (Wildman–Crippen MR) is 92.8 cm³/mol. The van der Waals surface area contributed by atoms with Crippen LogP contribution in [0.2, 0.25) is 0 Å². The topological polar surface area (TPSA) is 49.7 Å². The van der Waals surface area contributed by atoms with E-state index in [1.54, 1.807) is 6.07 Å². The Morgan fingerprint density at radius 1 is 0.909 bits per heavy atom. The van der Waals surface area contributed by atoms with Gasteiger partial charge < -0.3 is 14.7 Å². The van der Waals surface area contributed by atoms with Crippen LogP contribution >= 0.6 is 0 Å². The van der Waals surface area contributed by atoms with E-state index in [9.17, 15) is 0 Å². The van der Waals surface area contributed by atoms with Crippen molar-refractivity contribution in [2.75, 3.05) is 0 Å². The van der Waals surface area contributed by atoms with Crippen molar-refractivity contribution in [1.29, 1.82) is 0 Å². The first-order valence-electron chi connectivity index (χ1n) is 7.30. The Bertz CT molecular complexity index is 588. The number of hydrogen-bond donors (Lipinski definition) is 2. The van der Waals surface area contributed by atoms with E-state index < -0.39 is 7.32 Å². The third-order valence-electron chi connectivity index (χ3n) is 3.17. The average Bonchev–Trinajstić information content (AvgIpc) is 2.34. The molecule has 0 spiro atoms. The van der Waals surface area contributed by atoms with Crippen LogP contribution in [0.15, 0.2) is 48.6 Å². The highest BCUT2D eigenvalue weighted by atomic mass is 16.6. The summed E-state index contributed by atoms with van der Waals surface area (Å²) in [7, 11) is -1.84. The number of allylic oxidation sites excluding steroid dienone is 3. The van der Waals surface area contributed by atoms with Crippen molar-refractivity contribution in [2.24, 2.45) is 0 Å². The van der Waals surface area contributed by atoms with Crippen molar-refractivity contribution in [1.82, 2.24) is 0 Å². The minimum absolute atomic E-state index is 0.472. The van der Waals surface area contributed by atoms with Crippen LogP contribution in [0.25, 0.3) is 0 Å². The lowest BCUT2D eigenvalue weighted by Crippen LogP contribution is -2.22. The fourth-order valence-corrected chi connectivity index (χ4v) is 2.45. The van der Waals surface area contributed by atoms with Crippen molar-refractivity contribution in [3.63, 3.8) is 0 Å². The first-order chi connectivity index (χ1) is 10.2. The van der Waals surface area contributed by atoms with E-state index in [4.69, 9.17) is 14.7 Å². The van der Waals surface area contributed by atoms with Crippen LogP contribution in [0, 0.1) is 0 Å². The van der Waals surface area contributed by atoms with Crippen molar-refractivity contribution >= 4 is 7.32 Å². The number of hydrogen-bond acceptors (Lipinski definition) is 3. The van der Waals surface area contributed by atoms with Crippen molar-refractivity contribution in [3.05, 3.63) is 65.3 Å². The molecule has 0 radical (unpaired) electrons. The SMILES string of the molecule is C=C(C)Cc1ccc(OB(O)O)c(CC(=C)C)c1CC(=C)C. The van der Waals surface area contributed by atoms with E-state index in [2.05, 4.69) is 19.7 Å². The Morgan fingerprint density at radius 2 is 1.41 bits per heavy atom. The van der Waals surface area contributed by atoms with Gasteiger partial charge in [0.05, 0.1) is 0 Å². The maximum atomic E-state index is 9.13. The van der Waals surface area contributed by atoms with Gasteiger partial charge in [-0.05, 0) is 57.2 Å². The van der Waals surface area contributed by atoms with Crippen LogP contribution in [0.5, 0.6) is 5.75 Å². The van der Waals surface area contributed by atoms with Crippen molar-refractivity contribution in [3.8, 4) is 5.75 Å². The molecule has 0 saturated carbocycles. The van der Waals surface area contributed by atoms with Crippen molar-refractivity contribution in [2.45, 2.75) is 40.0 Å². The van der Waals surface area contributed by atoms with Crippen LogP contribution in [0.3, 0.4) is 0 Å². The van der Waals surface area contributed by atoms with Gasteiger partial charge in [-0.15, -0.1) is 0 Å². The second-order valence-electron chi connectivity index (χ2n) is 6.03. The van der Waals surface area contributed by atoms with Crippen LogP contribution in [0.1, 0.15) is 37.5 Å². The van der Waals surface area contributed by atoms with Crippen LogP contribution in [-0.2, 0) is 19.3 Å². The largest absolute Gasteiger partial charge is 0.707 e. The smallest absolute Gasteiger partial charge is 0.512 e. The molecule has 3 nitrogen and oxygen atoms in total. The van der Waals surface area contributed by atoms with Gasteiger partial charge >= 0.3 is 7.32 Å². The fourth-order valence-electron chi connectivity index (χ4n) is 2.45. The molecule has 0 saturated heterocycles. The van der Waals surface area contributed by atoms with Gasteiger partial charge in [-0.25, -0.2) is 0 Å². The molecule has 4 heteroatoms. The molecule has 0 fully saturated rings. The van der Waals surface area contributed by atoms with Gasteiger partial charge in [0.2, 0.25) is 0 Å². The normalized spacial score (nSPS) is 10.2. The van der Waals surface area contributed by atoms with E-state index in [-0.39, 0.29) is 0 Å². The average molecular weight is 300 g/mol. The van der Waals surface area contributed by atoms with Crippen LogP contribution in [0.4, 0.5) is 0 Å². The zero-order valence-electron chi connectivity index (χ0n) is 13.8. The number of benzene rings is 1. The summed E-state index contributed by atoms with van der Waals surface area (Å²) in [5.41, 5.74) is 6.28. The molecule has 0 atom stereocenters. The molecule has 0 aliphatic carbocycles.